The molecule has 4 nitrogen and oxygen atoms in total. The molecule has 2 rings (SSSR count). The Morgan fingerprint density at radius 2 is 2.37 bits per heavy atom. The summed E-state index contributed by atoms with van der Waals surface area (Å²) in [4.78, 5) is 12.0. The maximum atomic E-state index is 12.0. The number of carbonyl (C=O) groups excluding carboxylic acids is 1. The molecule has 2 atom stereocenters. The number of amides is 1. The highest BCUT2D eigenvalue weighted by Crippen LogP contribution is 2.22. The summed E-state index contributed by atoms with van der Waals surface area (Å²) < 4.78 is 6.36. The zero-order chi connectivity index (χ0) is 13.7. The van der Waals surface area contributed by atoms with E-state index in [1.807, 2.05) is 31.2 Å². The zero-order valence-electron chi connectivity index (χ0n) is 11.0. The van der Waals surface area contributed by atoms with Gasteiger partial charge in [-0.3, -0.25) is 4.79 Å². The summed E-state index contributed by atoms with van der Waals surface area (Å²) in [6.07, 6.45) is 0.453. The van der Waals surface area contributed by atoms with Crippen molar-refractivity contribution in [3.63, 3.8) is 0 Å². The molecule has 0 radical (unpaired) electrons. The predicted octanol–water partition coefficient (Wildman–Crippen LogP) is 2.00. The van der Waals surface area contributed by atoms with Crippen molar-refractivity contribution < 1.29 is 9.53 Å². The first kappa shape index (κ1) is 14.5. The van der Waals surface area contributed by atoms with Crippen molar-refractivity contribution in [1.82, 2.24) is 10.6 Å². The van der Waals surface area contributed by atoms with Gasteiger partial charge in [0.1, 0.15) is 0 Å². The van der Waals surface area contributed by atoms with Gasteiger partial charge in [-0.05, 0) is 18.6 Å². The minimum atomic E-state index is -0.00687. The summed E-state index contributed by atoms with van der Waals surface area (Å²) in [5.74, 6) is 0.0475. The van der Waals surface area contributed by atoms with Gasteiger partial charge in [0.25, 0.3) is 0 Å². The largest absolute Gasteiger partial charge is 0.378 e. The van der Waals surface area contributed by atoms with Gasteiger partial charge in [0.05, 0.1) is 19.3 Å². The highest BCUT2D eigenvalue weighted by Gasteiger charge is 2.18. The monoisotopic (exact) mass is 326 g/mol. The lowest BCUT2D eigenvalue weighted by atomic mass is 10.1. The second-order valence-corrected chi connectivity index (χ2v) is 5.60. The first-order chi connectivity index (χ1) is 9.16. The van der Waals surface area contributed by atoms with Gasteiger partial charge < -0.3 is 15.4 Å². The number of hydrogen-bond acceptors (Lipinski definition) is 3. The van der Waals surface area contributed by atoms with E-state index >= 15 is 0 Å². The Hall–Kier alpha value is -0.910. The van der Waals surface area contributed by atoms with Crippen molar-refractivity contribution >= 4 is 21.8 Å². The van der Waals surface area contributed by atoms with Crippen LogP contribution in [0.3, 0.4) is 0 Å². The molecule has 0 aliphatic carbocycles. The third-order valence-corrected chi connectivity index (χ3v) is 3.90. The molecule has 5 heteroatoms. The standard InChI is InChI=1S/C14H19BrN2O2/c1-10(12-4-2-3-5-13(12)15)17-14(18)8-11-9-19-7-6-16-11/h2-5,10-11,16H,6-9H2,1H3,(H,17,18)/t10-,11?/m0/s1. The van der Waals surface area contributed by atoms with Crippen LogP contribution < -0.4 is 10.6 Å². The molecular weight excluding hydrogens is 308 g/mol. The Morgan fingerprint density at radius 1 is 1.58 bits per heavy atom. The molecule has 1 amide bonds. The Bertz CT molecular complexity index is 433. The number of halogens is 1. The maximum absolute atomic E-state index is 12.0. The summed E-state index contributed by atoms with van der Waals surface area (Å²) in [6, 6.07) is 8.05. The van der Waals surface area contributed by atoms with Gasteiger partial charge in [0.15, 0.2) is 0 Å². The van der Waals surface area contributed by atoms with Crippen LogP contribution in [-0.4, -0.2) is 31.7 Å². The van der Waals surface area contributed by atoms with Crippen LogP contribution in [0, 0.1) is 0 Å². The fourth-order valence-electron chi connectivity index (χ4n) is 2.18. The normalized spacial score (nSPS) is 20.8. The highest BCUT2D eigenvalue weighted by molar-refractivity contribution is 9.10. The van der Waals surface area contributed by atoms with E-state index in [9.17, 15) is 4.79 Å². The number of hydrogen-bond donors (Lipinski definition) is 2. The van der Waals surface area contributed by atoms with Gasteiger partial charge in [-0.25, -0.2) is 0 Å². The number of nitrogens with one attached hydrogen (secondary N) is 2. The van der Waals surface area contributed by atoms with E-state index in [1.165, 1.54) is 0 Å². The number of benzene rings is 1. The molecule has 1 aliphatic heterocycles. The molecule has 104 valence electrons. The highest BCUT2D eigenvalue weighted by atomic mass is 79.9. The molecule has 1 aromatic carbocycles. The third-order valence-electron chi connectivity index (χ3n) is 3.18. The van der Waals surface area contributed by atoms with Crippen LogP contribution in [0.5, 0.6) is 0 Å². The van der Waals surface area contributed by atoms with E-state index < -0.39 is 0 Å². The van der Waals surface area contributed by atoms with Crippen molar-refractivity contribution in [1.29, 1.82) is 0 Å². The lowest BCUT2D eigenvalue weighted by molar-refractivity contribution is -0.122. The van der Waals surface area contributed by atoms with Crippen molar-refractivity contribution in [2.45, 2.75) is 25.4 Å². The molecule has 1 saturated heterocycles. The maximum Gasteiger partial charge on any atom is 0.222 e. The van der Waals surface area contributed by atoms with Crippen molar-refractivity contribution in [3.8, 4) is 0 Å². The van der Waals surface area contributed by atoms with Gasteiger partial charge in [-0.1, -0.05) is 34.1 Å². The topological polar surface area (TPSA) is 50.4 Å². The SMILES string of the molecule is C[C@H](NC(=O)CC1COCCN1)c1ccccc1Br. The number of ether oxygens (including phenoxy) is 1. The van der Waals surface area contributed by atoms with E-state index in [-0.39, 0.29) is 18.0 Å². The van der Waals surface area contributed by atoms with Crippen LogP contribution in [0.2, 0.25) is 0 Å². The van der Waals surface area contributed by atoms with Gasteiger partial charge >= 0.3 is 0 Å². The van der Waals surface area contributed by atoms with Gasteiger partial charge in [0, 0.05) is 23.5 Å². The van der Waals surface area contributed by atoms with Crippen LogP contribution in [0.25, 0.3) is 0 Å². The molecule has 1 aromatic rings. The molecule has 19 heavy (non-hydrogen) atoms. The Balaban J connectivity index is 1.86. The van der Waals surface area contributed by atoms with E-state index in [0.29, 0.717) is 13.0 Å². The molecule has 1 unspecified atom stereocenters. The molecule has 1 fully saturated rings. The van der Waals surface area contributed by atoms with Crippen LogP contribution in [-0.2, 0) is 9.53 Å². The summed E-state index contributed by atoms with van der Waals surface area (Å²) in [7, 11) is 0. The molecular formula is C14H19BrN2O2. The second-order valence-electron chi connectivity index (χ2n) is 4.74. The van der Waals surface area contributed by atoms with Crippen molar-refractivity contribution in [3.05, 3.63) is 34.3 Å². The van der Waals surface area contributed by atoms with E-state index in [1.54, 1.807) is 0 Å². The second kappa shape index (κ2) is 7.03. The quantitative estimate of drug-likeness (QED) is 0.889. The first-order valence-electron chi connectivity index (χ1n) is 6.51. The average molecular weight is 327 g/mol. The fourth-order valence-corrected chi connectivity index (χ4v) is 2.81. The van der Waals surface area contributed by atoms with Gasteiger partial charge in [-0.15, -0.1) is 0 Å². The van der Waals surface area contributed by atoms with Gasteiger partial charge in [0.2, 0.25) is 5.91 Å². The lowest BCUT2D eigenvalue weighted by Crippen LogP contribution is -2.44. The molecule has 0 saturated carbocycles. The Kier molecular flexibility index (Phi) is 5.36. The predicted molar refractivity (Wildman–Crippen MR) is 77.9 cm³/mol. The van der Waals surface area contributed by atoms with Crippen LogP contribution >= 0.6 is 15.9 Å². The fraction of sp³-hybridized carbons (Fsp3) is 0.500. The summed E-state index contributed by atoms with van der Waals surface area (Å²) in [5.41, 5.74) is 1.09. The number of rotatable bonds is 4. The number of carbonyl (C=O) groups is 1. The molecule has 0 bridgehead atoms. The number of morpholine rings is 1. The Morgan fingerprint density at radius 3 is 3.05 bits per heavy atom. The molecule has 0 aromatic heterocycles. The Labute approximate surface area is 122 Å². The van der Waals surface area contributed by atoms with Crippen LogP contribution in [0.1, 0.15) is 24.9 Å². The minimum Gasteiger partial charge on any atom is -0.378 e. The van der Waals surface area contributed by atoms with E-state index in [4.69, 9.17) is 4.74 Å². The van der Waals surface area contributed by atoms with E-state index in [2.05, 4.69) is 26.6 Å². The molecule has 2 N–H and O–H groups in total. The van der Waals surface area contributed by atoms with Crippen LogP contribution in [0.4, 0.5) is 0 Å². The molecule has 0 spiro atoms. The van der Waals surface area contributed by atoms with Crippen molar-refractivity contribution in [2.75, 3.05) is 19.8 Å². The molecule has 1 heterocycles. The van der Waals surface area contributed by atoms with E-state index in [0.717, 1.165) is 23.2 Å². The first-order valence-corrected chi connectivity index (χ1v) is 7.31. The van der Waals surface area contributed by atoms with Crippen molar-refractivity contribution in [2.24, 2.45) is 0 Å². The smallest absolute Gasteiger partial charge is 0.222 e. The molecule has 1 aliphatic rings. The lowest BCUT2D eigenvalue weighted by Gasteiger charge is -2.24. The summed E-state index contributed by atoms with van der Waals surface area (Å²) >= 11 is 3.50. The summed E-state index contributed by atoms with van der Waals surface area (Å²) in [6.45, 7) is 4.14. The third kappa shape index (κ3) is 4.30. The van der Waals surface area contributed by atoms with Crippen LogP contribution in [0.15, 0.2) is 28.7 Å². The minimum absolute atomic E-state index is 0.00687. The van der Waals surface area contributed by atoms with Gasteiger partial charge in [-0.2, -0.15) is 0 Å². The zero-order valence-corrected chi connectivity index (χ0v) is 12.6. The summed E-state index contributed by atoms with van der Waals surface area (Å²) in [5, 5.41) is 6.30. The average Bonchev–Trinajstić information content (AvgIpc) is 2.40.